The Morgan fingerprint density at radius 3 is 2.56 bits per heavy atom. The van der Waals surface area contributed by atoms with Crippen LogP contribution < -0.4 is 14.8 Å². The number of benzene rings is 2. The quantitative estimate of drug-likeness (QED) is 0.730. The lowest BCUT2D eigenvalue weighted by Crippen LogP contribution is -2.17. The molecule has 4 rings (SSSR count). The van der Waals surface area contributed by atoms with Gasteiger partial charge in [0.25, 0.3) is 0 Å². The van der Waals surface area contributed by atoms with Gasteiger partial charge >= 0.3 is 0 Å². The second kappa shape index (κ2) is 6.68. The number of nitrogens with zero attached hydrogens (tertiary/aromatic N) is 2. The lowest BCUT2D eigenvalue weighted by Gasteiger charge is -2.19. The van der Waals surface area contributed by atoms with Crippen molar-refractivity contribution < 1.29 is 14.3 Å². The van der Waals surface area contributed by atoms with Crippen LogP contribution in [0.3, 0.4) is 0 Å². The van der Waals surface area contributed by atoms with Gasteiger partial charge in [0.05, 0.1) is 17.5 Å². The summed E-state index contributed by atoms with van der Waals surface area (Å²) in [6.07, 6.45) is 3.48. The molecule has 126 valence electrons. The molecule has 0 aliphatic carbocycles. The summed E-state index contributed by atoms with van der Waals surface area (Å²) in [5.41, 5.74) is 3.05. The smallest absolute Gasteiger partial charge is 0.228 e. The van der Waals surface area contributed by atoms with Crippen molar-refractivity contribution in [3.05, 3.63) is 52.8 Å². The number of hydrogen-bond donors (Lipinski definition) is 1. The van der Waals surface area contributed by atoms with E-state index in [9.17, 15) is 4.79 Å². The van der Waals surface area contributed by atoms with Gasteiger partial charge in [-0.25, -0.2) is 0 Å². The molecule has 1 N–H and O–H groups in total. The van der Waals surface area contributed by atoms with E-state index in [-0.39, 0.29) is 12.3 Å². The maximum atomic E-state index is 12.4. The van der Waals surface area contributed by atoms with Crippen LogP contribution >= 0.6 is 15.9 Å². The predicted octanol–water partition coefficient (Wildman–Crippen LogP) is 3.34. The summed E-state index contributed by atoms with van der Waals surface area (Å²) in [7, 11) is 0. The molecule has 6 nitrogen and oxygen atoms in total. The largest absolute Gasteiger partial charge is 0.486 e. The van der Waals surface area contributed by atoms with E-state index < -0.39 is 0 Å². The van der Waals surface area contributed by atoms with E-state index in [1.165, 1.54) is 0 Å². The molecule has 3 aromatic rings. The second-order valence-electron chi connectivity index (χ2n) is 5.57. The SMILES string of the molecule is O=C(Cc1cc2c(cc1Br)OCCO2)Nc1ccc2nccnc2c1. The van der Waals surface area contributed by atoms with Gasteiger partial charge in [-0.3, -0.25) is 14.8 Å². The zero-order chi connectivity index (χ0) is 17.2. The summed E-state index contributed by atoms with van der Waals surface area (Å²) < 4.78 is 11.9. The lowest BCUT2D eigenvalue weighted by molar-refractivity contribution is -0.115. The Labute approximate surface area is 152 Å². The van der Waals surface area contributed by atoms with Crippen LogP contribution in [0.4, 0.5) is 5.69 Å². The molecule has 2 aromatic carbocycles. The molecular formula is C18H14BrN3O3. The Morgan fingerprint density at radius 1 is 1.04 bits per heavy atom. The fourth-order valence-electron chi connectivity index (χ4n) is 2.66. The Kier molecular flexibility index (Phi) is 4.23. The van der Waals surface area contributed by atoms with Gasteiger partial charge in [0.1, 0.15) is 13.2 Å². The number of amides is 1. The van der Waals surface area contributed by atoms with Gasteiger partial charge in [-0.05, 0) is 35.9 Å². The average molecular weight is 400 g/mol. The van der Waals surface area contributed by atoms with E-state index in [0.29, 0.717) is 30.4 Å². The van der Waals surface area contributed by atoms with Crippen LogP contribution in [0, 0.1) is 0 Å². The zero-order valence-electron chi connectivity index (χ0n) is 13.2. The highest BCUT2D eigenvalue weighted by Crippen LogP contribution is 2.35. The van der Waals surface area contributed by atoms with Crippen molar-refractivity contribution in [2.45, 2.75) is 6.42 Å². The minimum atomic E-state index is -0.124. The number of ether oxygens (including phenoxy) is 2. The van der Waals surface area contributed by atoms with Gasteiger partial charge in [-0.2, -0.15) is 0 Å². The Bertz CT molecular complexity index is 961. The molecule has 0 spiro atoms. The Balaban J connectivity index is 1.51. The van der Waals surface area contributed by atoms with E-state index in [4.69, 9.17) is 9.47 Å². The third-order valence-electron chi connectivity index (χ3n) is 3.82. The van der Waals surface area contributed by atoms with Crippen molar-refractivity contribution in [1.29, 1.82) is 0 Å². The standard InChI is InChI=1S/C18H14BrN3O3/c19-13-10-17-16(24-5-6-25-17)7-11(13)8-18(23)22-12-1-2-14-15(9-12)21-4-3-20-14/h1-4,7,9-10H,5-6,8H2,(H,22,23). The maximum absolute atomic E-state index is 12.4. The number of aromatic nitrogens is 2. The molecule has 1 aliphatic heterocycles. The van der Waals surface area contributed by atoms with E-state index >= 15 is 0 Å². The summed E-state index contributed by atoms with van der Waals surface area (Å²) in [4.78, 5) is 20.9. The van der Waals surface area contributed by atoms with Crippen molar-refractivity contribution >= 4 is 38.6 Å². The summed E-state index contributed by atoms with van der Waals surface area (Å²) in [5.74, 6) is 1.23. The van der Waals surface area contributed by atoms with Crippen LogP contribution in [0.25, 0.3) is 11.0 Å². The van der Waals surface area contributed by atoms with Crippen molar-refractivity contribution in [2.75, 3.05) is 18.5 Å². The molecule has 1 amide bonds. The first-order valence-corrected chi connectivity index (χ1v) is 8.57. The number of nitrogens with one attached hydrogen (secondary N) is 1. The highest BCUT2D eigenvalue weighted by Gasteiger charge is 2.16. The highest BCUT2D eigenvalue weighted by atomic mass is 79.9. The molecule has 0 fully saturated rings. The summed E-state index contributed by atoms with van der Waals surface area (Å²) in [6, 6.07) is 9.12. The van der Waals surface area contributed by atoms with Gasteiger partial charge < -0.3 is 14.8 Å². The second-order valence-corrected chi connectivity index (χ2v) is 6.43. The molecular weight excluding hydrogens is 386 g/mol. The summed E-state index contributed by atoms with van der Waals surface area (Å²) in [5, 5.41) is 2.89. The first-order chi connectivity index (χ1) is 12.2. The normalized spacial score (nSPS) is 12.8. The number of carbonyl (C=O) groups is 1. The maximum Gasteiger partial charge on any atom is 0.228 e. The molecule has 0 unspecified atom stereocenters. The first kappa shape index (κ1) is 15.8. The average Bonchev–Trinajstić information content (AvgIpc) is 2.62. The zero-order valence-corrected chi connectivity index (χ0v) is 14.7. The molecule has 0 saturated carbocycles. The van der Waals surface area contributed by atoms with Crippen LogP contribution in [0.15, 0.2) is 47.2 Å². The minimum Gasteiger partial charge on any atom is -0.486 e. The fourth-order valence-corrected chi connectivity index (χ4v) is 3.12. The molecule has 0 radical (unpaired) electrons. The molecule has 1 aromatic heterocycles. The topological polar surface area (TPSA) is 73.3 Å². The van der Waals surface area contributed by atoms with Crippen molar-refractivity contribution in [3.8, 4) is 11.5 Å². The van der Waals surface area contributed by atoms with Gasteiger partial charge in [-0.1, -0.05) is 15.9 Å². The van der Waals surface area contributed by atoms with Crippen LogP contribution in [0.2, 0.25) is 0 Å². The third-order valence-corrected chi connectivity index (χ3v) is 4.55. The summed E-state index contributed by atoms with van der Waals surface area (Å²) >= 11 is 3.49. The Morgan fingerprint density at radius 2 is 1.76 bits per heavy atom. The highest BCUT2D eigenvalue weighted by molar-refractivity contribution is 9.10. The van der Waals surface area contributed by atoms with E-state index in [0.717, 1.165) is 21.1 Å². The number of anilines is 1. The monoisotopic (exact) mass is 399 g/mol. The van der Waals surface area contributed by atoms with E-state index in [1.807, 2.05) is 24.3 Å². The fraction of sp³-hybridized carbons (Fsp3) is 0.167. The summed E-state index contributed by atoms with van der Waals surface area (Å²) in [6.45, 7) is 1.04. The number of halogens is 1. The minimum absolute atomic E-state index is 0.124. The van der Waals surface area contributed by atoms with Crippen LogP contribution in [-0.4, -0.2) is 29.1 Å². The van der Waals surface area contributed by atoms with Gasteiger partial charge in [0.15, 0.2) is 11.5 Å². The third kappa shape index (κ3) is 3.41. The van der Waals surface area contributed by atoms with Gasteiger partial charge in [-0.15, -0.1) is 0 Å². The van der Waals surface area contributed by atoms with Crippen LogP contribution in [0.5, 0.6) is 11.5 Å². The Hall–Kier alpha value is -2.67. The van der Waals surface area contributed by atoms with Crippen LogP contribution in [0.1, 0.15) is 5.56 Å². The predicted molar refractivity (Wildman–Crippen MR) is 97.0 cm³/mol. The molecule has 1 aliphatic rings. The lowest BCUT2D eigenvalue weighted by atomic mass is 10.1. The molecule has 2 heterocycles. The number of hydrogen-bond acceptors (Lipinski definition) is 5. The molecule has 7 heteroatoms. The molecule has 0 bridgehead atoms. The van der Waals surface area contributed by atoms with Gasteiger partial charge in [0, 0.05) is 22.6 Å². The first-order valence-electron chi connectivity index (χ1n) is 7.78. The van der Waals surface area contributed by atoms with Crippen molar-refractivity contribution in [3.63, 3.8) is 0 Å². The number of carbonyl (C=O) groups excluding carboxylic acids is 1. The number of rotatable bonds is 3. The molecule has 0 atom stereocenters. The van der Waals surface area contributed by atoms with E-state index in [1.54, 1.807) is 18.5 Å². The number of fused-ring (bicyclic) bond motifs is 2. The molecule has 25 heavy (non-hydrogen) atoms. The van der Waals surface area contributed by atoms with Crippen molar-refractivity contribution in [2.24, 2.45) is 0 Å². The molecule has 0 saturated heterocycles. The van der Waals surface area contributed by atoms with Gasteiger partial charge in [0.2, 0.25) is 5.91 Å². The van der Waals surface area contributed by atoms with Crippen molar-refractivity contribution in [1.82, 2.24) is 9.97 Å². The van der Waals surface area contributed by atoms with E-state index in [2.05, 4.69) is 31.2 Å². The van der Waals surface area contributed by atoms with Crippen LogP contribution in [-0.2, 0) is 11.2 Å².